The summed E-state index contributed by atoms with van der Waals surface area (Å²) in [6.45, 7) is 11.7. The second kappa shape index (κ2) is 13.4. The quantitative estimate of drug-likeness (QED) is 0.435. The first-order valence-electron chi connectivity index (χ1n) is 8.49. The molecule has 0 aromatic heterocycles. The standard InChI is InChI=1S/C17H37N/c1-5-9-11-16(7-3)13-14-18-15-17(8-4)12-10-6-2/h16-18H,5-15H2,1-4H3. The van der Waals surface area contributed by atoms with Crippen molar-refractivity contribution >= 4 is 0 Å². The minimum absolute atomic E-state index is 0.903. The minimum atomic E-state index is 0.903. The van der Waals surface area contributed by atoms with Crippen molar-refractivity contribution in [1.29, 1.82) is 0 Å². The van der Waals surface area contributed by atoms with Crippen LogP contribution in [0.2, 0.25) is 0 Å². The molecule has 0 aromatic rings. The largest absolute Gasteiger partial charge is 0.316 e. The summed E-state index contributed by atoms with van der Waals surface area (Å²) in [5, 5.41) is 3.69. The van der Waals surface area contributed by atoms with Crippen molar-refractivity contribution in [3.8, 4) is 0 Å². The molecule has 0 heterocycles. The number of nitrogens with one attached hydrogen (secondary N) is 1. The first kappa shape index (κ1) is 18.0. The molecular weight excluding hydrogens is 218 g/mol. The Morgan fingerprint density at radius 2 is 1.28 bits per heavy atom. The van der Waals surface area contributed by atoms with Crippen LogP contribution < -0.4 is 5.32 Å². The van der Waals surface area contributed by atoms with Crippen LogP contribution in [0.1, 0.15) is 85.5 Å². The van der Waals surface area contributed by atoms with E-state index in [0.29, 0.717) is 0 Å². The minimum Gasteiger partial charge on any atom is -0.316 e. The van der Waals surface area contributed by atoms with Crippen molar-refractivity contribution in [2.75, 3.05) is 13.1 Å². The van der Waals surface area contributed by atoms with Gasteiger partial charge in [0, 0.05) is 0 Å². The lowest BCUT2D eigenvalue weighted by Gasteiger charge is -2.18. The molecular formula is C17H37N. The summed E-state index contributed by atoms with van der Waals surface area (Å²) < 4.78 is 0. The molecule has 1 nitrogen and oxygen atoms in total. The lowest BCUT2D eigenvalue weighted by atomic mass is 9.95. The maximum atomic E-state index is 3.69. The lowest BCUT2D eigenvalue weighted by Crippen LogP contribution is -2.25. The molecule has 0 saturated heterocycles. The fourth-order valence-corrected chi connectivity index (χ4v) is 2.60. The highest BCUT2D eigenvalue weighted by Gasteiger charge is 2.07. The summed E-state index contributed by atoms with van der Waals surface area (Å²) in [5.41, 5.74) is 0. The van der Waals surface area contributed by atoms with Gasteiger partial charge in [-0.15, -0.1) is 0 Å². The molecule has 0 bridgehead atoms. The second-order valence-corrected chi connectivity index (χ2v) is 5.83. The number of unbranched alkanes of at least 4 members (excludes halogenated alkanes) is 2. The van der Waals surface area contributed by atoms with Gasteiger partial charge in [0.1, 0.15) is 0 Å². The van der Waals surface area contributed by atoms with Gasteiger partial charge >= 0.3 is 0 Å². The smallest absolute Gasteiger partial charge is 0.00206 e. The van der Waals surface area contributed by atoms with Crippen LogP contribution in [0.15, 0.2) is 0 Å². The Morgan fingerprint density at radius 3 is 1.78 bits per heavy atom. The summed E-state index contributed by atoms with van der Waals surface area (Å²) in [7, 11) is 0. The molecule has 0 rings (SSSR count). The van der Waals surface area contributed by atoms with Crippen LogP contribution in [-0.4, -0.2) is 13.1 Å². The van der Waals surface area contributed by atoms with Gasteiger partial charge in [-0.2, -0.15) is 0 Å². The van der Waals surface area contributed by atoms with Crippen molar-refractivity contribution in [2.45, 2.75) is 85.5 Å². The summed E-state index contributed by atoms with van der Waals surface area (Å²) in [6, 6.07) is 0. The van der Waals surface area contributed by atoms with E-state index in [1.54, 1.807) is 0 Å². The van der Waals surface area contributed by atoms with Crippen molar-refractivity contribution in [3.63, 3.8) is 0 Å². The Bertz CT molecular complexity index is 138. The van der Waals surface area contributed by atoms with Gasteiger partial charge in [-0.3, -0.25) is 0 Å². The van der Waals surface area contributed by atoms with Crippen LogP contribution in [-0.2, 0) is 0 Å². The van der Waals surface area contributed by atoms with Crippen molar-refractivity contribution < 1.29 is 0 Å². The number of rotatable bonds is 13. The van der Waals surface area contributed by atoms with Gasteiger partial charge in [0.05, 0.1) is 0 Å². The molecule has 2 atom stereocenters. The summed E-state index contributed by atoms with van der Waals surface area (Å²) in [6.07, 6.45) is 12.4. The van der Waals surface area contributed by atoms with E-state index in [1.165, 1.54) is 70.9 Å². The Hall–Kier alpha value is -0.0400. The molecule has 0 aromatic carbocycles. The van der Waals surface area contributed by atoms with E-state index in [0.717, 1.165) is 11.8 Å². The average molecular weight is 255 g/mol. The Labute approximate surface area is 116 Å². The third kappa shape index (κ3) is 9.94. The Balaban J connectivity index is 3.55. The molecule has 0 aliphatic heterocycles. The van der Waals surface area contributed by atoms with E-state index in [2.05, 4.69) is 33.0 Å². The fourth-order valence-electron chi connectivity index (χ4n) is 2.60. The van der Waals surface area contributed by atoms with Crippen LogP contribution in [0, 0.1) is 11.8 Å². The normalized spacial score (nSPS) is 14.7. The van der Waals surface area contributed by atoms with Crippen LogP contribution in [0.5, 0.6) is 0 Å². The third-order valence-corrected chi connectivity index (χ3v) is 4.25. The van der Waals surface area contributed by atoms with Crippen LogP contribution in [0.3, 0.4) is 0 Å². The summed E-state index contributed by atoms with van der Waals surface area (Å²) in [4.78, 5) is 0. The zero-order valence-electron chi connectivity index (χ0n) is 13.4. The number of hydrogen-bond donors (Lipinski definition) is 1. The topological polar surface area (TPSA) is 12.0 Å². The predicted octanol–water partition coefficient (Wildman–Crippen LogP) is 5.40. The van der Waals surface area contributed by atoms with Gasteiger partial charge < -0.3 is 5.32 Å². The van der Waals surface area contributed by atoms with Gasteiger partial charge in [-0.25, -0.2) is 0 Å². The van der Waals surface area contributed by atoms with E-state index in [9.17, 15) is 0 Å². The Kier molecular flexibility index (Phi) is 13.4. The summed E-state index contributed by atoms with van der Waals surface area (Å²) in [5.74, 6) is 1.86. The van der Waals surface area contributed by atoms with Crippen LogP contribution >= 0.6 is 0 Å². The molecule has 0 radical (unpaired) electrons. The van der Waals surface area contributed by atoms with Crippen LogP contribution in [0.25, 0.3) is 0 Å². The maximum absolute atomic E-state index is 3.69. The molecule has 0 amide bonds. The van der Waals surface area contributed by atoms with Gasteiger partial charge in [-0.05, 0) is 37.8 Å². The highest BCUT2D eigenvalue weighted by atomic mass is 14.9. The molecule has 1 N–H and O–H groups in total. The van der Waals surface area contributed by atoms with E-state index in [1.807, 2.05) is 0 Å². The van der Waals surface area contributed by atoms with Crippen molar-refractivity contribution in [3.05, 3.63) is 0 Å². The van der Waals surface area contributed by atoms with Gasteiger partial charge in [0.2, 0.25) is 0 Å². The SMILES string of the molecule is CCCCC(CC)CCNCC(CC)CCCC. The van der Waals surface area contributed by atoms with E-state index in [4.69, 9.17) is 0 Å². The Morgan fingerprint density at radius 1 is 0.722 bits per heavy atom. The average Bonchev–Trinajstić information content (AvgIpc) is 2.41. The fraction of sp³-hybridized carbons (Fsp3) is 1.00. The third-order valence-electron chi connectivity index (χ3n) is 4.25. The first-order valence-corrected chi connectivity index (χ1v) is 8.49. The highest BCUT2D eigenvalue weighted by Crippen LogP contribution is 2.16. The maximum Gasteiger partial charge on any atom is -0.00206 e. The summed E-state index contributed by atoms with van der Waals surface area (Å²) >= 11 is 0. The zero-order valence-corrected chi connectivity index (χ0v) is 13.4. The second-order valence-electron chi connectivity index (χ2n) is 5.83. The molecule has 0 saturated carbocycles. The van der Waals surface area contributed by atoms with Crippen molar-refractivity contribution in [2.24, 2.45) is 11.8 Å². The molecule has 0 aliphatic carbocycles. The predicted molar refractivity (Wildman–Crippen MR) is 84.1 cm³/mol. The zero-order chi connectivity index (χ0) is 13.6. The van der Waals surface area contributed by atoms with Crippen LogP contribution in [0.4, 0.5) is 0 Å². The molecule has 0 fully saturated rings. The van der Waals surface area contributed by atoms with E-state index < -0.39 is 0 Å². The molecule has 0 aliphatic rings. The lowest BCUT2D eigenvalue weighted by molar-refractivity contribution is 0.379. The van der Waals surface area contributed by atoms with Gasteiger partial charge in [0.25, 0.3) is 0 Å². The monoisotopic (exact) mass is 255 g/mol. The molecule has 18 heavy (non-hydrogen) atoms. The van der Waals surface area contributed by atoms with Crippen molar-refractivity contribution in [1.82, 2.24) is 5.32 Å². The molecule has 0 spiro atoms. The van der Waals surface area contributed by atoms with Gasteiger partial charge in [0.15, 0.2) is 0 Å². The first-order chi connectivity index (χ1) is 8.78. The molecule has 110 valence electrons. The van der Waals surface area contributed by atoms with E-state index in [-0.39, 0.29) is 0 Å². The van der Waals surface area contributed by atoms with E-state index >= 15 is 0 Å². The molecule has 1 heteroatoms. The number of hydrogen-bond acceptors (Lipinski definition) is 1. The van der Waals surface area contributed by atoms with Gasteiger partial charge in [-0.1, -0.05) is 72.6 Å². The highest BCUT2D eigenvalue weighted by molar-refractivity contribution is 4.64. The molecule has 2 unspecified atom stereocenters.